The lowest BCUT2D eigenvalue weighted by atomic mass is 10.1. The number of carbonyl (C=O) groups excluding carboxylic acids is 3. The van der Waals surface area contributed by atoms with Crippen LogP contribution >= 0.6 is 15.9 Å². The van der Waals surface area contributed by atoms with Crippen molar-refractivity contribution in [2.24, 2.45) is 0 Å². The lowest BCUT2D eigenvalue weighted by molar-refractivity contribution is -0.153. The third kappa shape index (κ3) is 5.33. The van der Waals surface area contributed by atoms with E-state index >= 15 is 0 Å². The van der Waals surface area contributed by atoms with Crippen LogP contribution in [0.3, 0.4) is 0 Å². The standard InChI is InChI=1S/C17H21BrN2O4/c1-12(19-16(22)13-5-7-14(18)8-6-13)17(23)24-11-15(21)20-9-3-2-4-10-20/h5-8,12H,2-4,9-11H2,1H3,(H,19,22)/t12-/m0/s1. The Balaban J connectivity index is 1.78. The summed E-state index contributed by atoms with van der Waals surface area (Å²) >= 11 is 3.29. The molecule has 0 spiro atoms. The third-order valence-electron chi connectivity index (χ3n) is 3.85. The minimum Gasteiger partial charge on any atom is -0.454 e. The van der Waals surface area contributed by atoms with E-state index in [-0.39, 0.29) is 18.4 Å². The molecular weight excluding hydrogens is 376 g/mol. The smallest absolute Gasteiger partial charge is 0.328 e. The van der Waals surface area contributed by atoms with E-state index in [0.717, 1.165) is 23.7 Å². The first-order chi connectivity index (χ1) is 11.5. The van der Waals surface area contributed by atoms with Crippen molar-refractivity contribution in [2.45, 2.75) is 32.2 Å². The van der Waals surface area contributed by atoms with E-state index in [0.29, 0.717) is 18.7 Å². The topological polar surface area (TPSA) is 75.7 Å². The molecule has 0 aromatic heterocycles. The molecule has 1 heterocycles. The molecule has 1 aliphatic heterocycles. The summed E-state index contributed by atoms with van der Waals surface area (Å²) in [6, 6.07) is 5.97. The van der Waals surface area contributed by atoms with Crippen molar-refractivity contribution in [2.75, 3.05) is 19.7 Å². The average molecular weight is 397 g/mol. The molecule has 1 aromatic rings. The van der Waals surface area contributed by atoms with Crippen molar-refractivity contribution in [1.29, 1.82) is 0 Å². The zero-order chi connectivity index (χ0) is 17.5. The molecule has 1 saturated heterocycles. The predicted molar refractivity (Wildman–Crippen MR) is 92.5 cm³/mol. The van der Waals surface area contributed by atoms with Crippen molar-refractivity contribution in [3.8, 4) is 0 Å². The van der Waals surface area contributed by atoms with E-state index in [2.05, 4.69) is 21.2 Å². The zero-order valence-corrected chi connectivity index (χ0v) is 15.2. The summed E-state index contributed by atoms with van der Waals surface area (Å²) in [4.78, 5) is 37.7. The van der Waals surface area contributed by atoms with Crippen molar-refractivity contribution < 1.29 is 19.1 Å². The quantitative estimate of drug-likeness (QED) is 0.773. The van der Waals surface area contributed by atoms with Crippen molar-refractivity contribution in [1.82, 2.24) is 10.2 Å². The van der Waals surface area contributed by atoms with Gasteiger partial charge in [-0.2, -0.15) is 0 Å². The fourth-order valence-electron chi connectivity index (χ4n) is 2.43. The van der Waals surface area contributed by atoms with E-state index < -0.39 is 12.0 Å². The van der Waals surface area contributed by atoms with Crippen LogP contribution in [0.2, 0.25) is 0 Å². The largest absolute Gasteiger partial charge is 0.454 e. The summed E-state index contributed by atoms with van der Waals surface area (Å²) in [7, 11) is 0. The molecule has 1 aromatic carbocycles. The molecule has 0 radical (unpaired) electrons. The number of nitrogens with zero attached hydrogens (tertiary/aromatic N) is 1. The van der Waals surface area contributed by atoms with Crippen LogP contribution in [0.4, 0.5) is 0 Å². The Labute approximate surface area is 149 Å². The monoisotopic (exact) mass is 396 g/mol. The fraction of sp³-hybridized carbons (Fsp3) is 0.471. The first kappa shape index (κ1) is 18.4. The molecule has 6 nitrogen and oxygen atoms in total. The van der Waals surface area contributed by atoms with Crippen LogP contribution in [0.25, 0.3) is 0 Å². The number of carbonyl (C=O) groups is 3. The molecule has 1 fully saturated rings. The highest BCUT2D eigenvalue weighted by Gasteiger charge is 2.21. The molecule has 2 amide bonds. The first-order valence-corrected chi connectivity index (χ1v) is 8.77. The number of hydrogen-bond donors (Lipinski definition) is 1. The number of esters is 1. The number of benzene rings is 1. The molecule has 0 unspecified atom stereocenters. The van der Waals surface area contributed by atoms with Crippen LogP contribution in [-0.2, 0) is 14.3 Å². The molecule has 0 saturated carbocycles. The van der Waals surface area contributed by atoms with Gasteiger partial charge in [-0.05, 0) is 50.5 Å². The number of piperidine rings is 1. The van der Waals surface area contributed by atoms with Gasteiger partial charge < -0.3 is 15.0 Å². The molecule has 1 atom stereocenters. The summed E-state index contributed by atoms with van der Waals surface area (Å²) < 4.78 is 5.89. The van der Waals surface area contributed by atoms with E-state index in [4.69, 9.17) is 4.74 Å². The fourth-order valence-corrected chi connectivity index (χ4v) is 2.70. The van der Waals surface area contributed by atoms with Gasteiger partial charge in [0.25, 0.3) is 11.8 Å². The van der Waals surface area contributed by atoms with Crippen LogP contribution in [0.1, 0.15) is 36.5 Å². The van der Waals surface area contributed by atoms with Gasteiger partial charge in [0.05, 0.1) is 0 Å². The van der Waals surface area contributed by atoms with Gasteiger partial charge in [-0.1, -0.05) is 15.9 Å². The maximum Gasteiger partial charge on any atom is 0.328 e. The van der Waals surface area contributed by atoms with E-state index in [9.17, 15) is 14.4 Å². The van der Waals surface area contributed by atoms with Crippen molar-refractivity contribution >= 4 is 33.7 Å². The summed E-state index contributed by atoms with van der Waals surface area (Å²) in [5, 5.41) is 2.56. The lowest BCUT2D eigenvalue weighted by Crippen LogP contribution is -2.42. The minimum atomic E-state index is -0.824. The molecule has 130 valence electrons. The summed E-state index contributed by atoms with van der Waals surface area (Å²) in [6.45, 7) is 2.68. The minimum absolute atomic E-state index is 0.186. The van der Waals surface area contributed by atoms with Gasteiger partial charge in [-0.3, -0.25) is 9.59 Å². The van der Waals surface area contributed by atoms with Crippen LogP contribution < -0.4 is 5.32 Å². The molecule has 2 rings (SSSR count). The number of rotatable bonds is 5. The SMILES string of the molecule is C[C@H](NC(=O)c1ccc(Br)cc1)C(=O)OCC(=O)N1CCCCC1. The van der Waals surface area contributed by atoms with Gasteiger partial charge in [0.2, 0.25) is 0 Å². The van der Waals surface area contributed by atoms with Gasteiger partial charge in [-0.25, -0.2) is 4.79 Å². The summed E-state index contributed by atoms with van der Waals surface area (Å²) in [5.41, 5.74) is 0.447. The molecule has 1 aliphatic rings. The maximum absolute atomic E-state index is 12.0. The van der Waals surface area contributed by atoms with Gasteiger partial charge >= 0.3 is 5.97 Å². The molecule has 24 heavy (non-hydrogen) atoms. The molecular formula is C17H21BrN2O4. The molecule has 0 bridgehead atoms. The van der Waals surface area contributed by atoms with Gasteiger partial charge in [0, 0.05) is 23.1 Å². The number of hydrogen-bond acceptors (Lipinski definition) is 4. The summed E-state index contributed by atoms with van der Waals surface area (Å²) in [5.74, 6) is -1.17. The maximum atomic E-state index is 12.0. The van der Waals surface area contributed by atoms with Crippen LogP contribution in [-0.4, -0.2) is 48.4 Å². The van der Waals surface area contributed by atoms with Crippen LogP contribution in [0.5, 0.6) is 0 Å². The Kier molecular flexibility index (Phi) is 6.78. The highest BCUT2D eigenvalue weighted by molar-refractivity contribution is 9.10. The Morgan fingerprint density at radius 2 is 1.79 bits per heavy atom. The second-order valence-corrected chi connectivity index (χ2v) is 6.67. The number of likely N-dealkylation sites (tertiary alicyclic amines) is 1. The lowest BCUT2D eigenvalue weighted by Gasteiger charge is -2.26. The Morgan fingerprint density at radius 3 is 2.42 bits per heavy atom. The zero-order valence-electron chi connectivity index (χ0n) is 13.6. The molecule has 1 N–H and O–H groups in total. The number of halogens is 1. The second-order valence-electron chi connectivity index (χ2n) is 5.75. The van der Waals surface area contributed by atoms with Gasteiger partial charge in [0.15, 0.2) is 6.61 Å². The molecule has 7 heteroatoms. The van der Waals surface area contributed by atoms with Crippen LogP contribution in [0.15, 0.2) is 28.7 Å². The Hall–Kier alpha value is -1.89. The number of ether oxygens (including phenoxy) is 1. The van der Waals surface area contributed by atoms with Gasteiger partial charge in [0.1, 0.15) is 6.04 Å². The van der Waals surface area contributed by atoms with E-state index in [1.807, 2.05) is 0 Å². The second kappa shape index (κ2) is 8.82. The van der Waals surface area contributed by atoms with E-state index in [1.54, 1.807) is 29.2 Å². The van der Waals surface area contributed by atoms with Gasteiger partial charge in [-0.15, -0.1) is 0 Å². The Morgan fingerprint density at radius 1 is 1.17 bits per heavy atom. The summed E-state index contributed by atoms with van der Waals surface area (Å²) in [6.07, 6.45) is 3.10. The van der Waals surface area contributed by atoms with Crippen molar-refractivity contribution in [3.05, 3.63) is 34.3 Å². The van der Waals surface area contributed by atoms with E-state index in [1.165, 1.54) is 6.92 Å². The average Bonchev–Trinajstić information content (AvgIpc) is 2.60. The first-order valence-electron chi connectivity index (χ1n) is 7.98. The highest BCUT2D eigenvalue weighted by atomic mass is 79.9. The highest BCUT2D eigenvalue weighted by Crippen LogP contribution is 2.11. The van der Waals surface area contributed by atoms with Crippen LogP contribution in [0, 0.1) is 0 Å². The normalized spacial score (nSPS) is 15.5. The van der Waals surface area contributed by atoms with Crippen molar-refractivity contribution in [3.63, 3.8) is 0 Å². The molecule has 0 aliphatic carbocycles. The Bertz CT molecular complexity index is 597. The number of nitrogens with one attached hydrogen (secondary N) is 1. The third-order valence-corrected chi connectivity index (χ3v) is 4.38. The number of amides is 2. The predicted octanol–water partition coefficient (Wildman–Crippen LogP) is 2.12.